The van der Waals surface area contributed by atoms with Crippen LogP contribution < -0.4 is 10.6 Å². The fraction of sp³-hybridized carbons (Fsp3) is 0.267. The SMILES string of the molecule is Cc1cc(C)nc(SCCNC(=S)Nc2ccccc2)n1. The van der Waals surface area contributed by atoms with Crippen molar-refractivity contribution in [3.05, 3.63) is 47.8 Å². The Balaban J connectivity index is 1.71. The Labute approximate surface area is 134 Å². The number of aromatic nitrogens is 2. The van der Waals surface area contributed by atoms with Crippen LogP contribution in [0.25, 0.3) is 0 Å². The molecule has 0 atom stereocenters. The molecule has 2 aromatic rings. The molecule has 0 spiro atoms. The molecule has 1 heterocycles. The normalized spacial score (nSPS) is 10.2. The highest BCUT2D eigenvalue weighted by atomic mass is 32.2. The van der Waals surface area contributed by atoms with Crippen molar-refractivity contribution in [3.8, 4) is 0 Å². The molecule has 0 saturated heterocycles. The number of aryl methyl sites for hydroxylation is 2. The van der Waals surface area contributed by atoms with E-state index in [4.69, 9.17) is 12.2 Å². The van der Waals surface area contributed by atoms with Crippen molar-refractivity contribution in [1.82, 2.24) is 15.3 Å². The summed E-state index contributed by atoms with van der Waals surface area (Å²) in [4.78, 5) is 8.79. The molecule has 0 saturated carbocycles. The van der Waals surface area contributed by atoms with Crippen molar-refractivity contribution in [2.45, 2.75) is 19.0 Å². The topological polar surface area (TPSA) is 49.8 Å². The van der Waals surface area contributed by atoms with Crippen LogP contribution in [0.2, 0.25) is 0 Å². The molecular formula is C15H18N4S2. The Bertz CT molecular complexity index is 582. The van der Waals surface area contributed by atoms with Gasteiger partial charge in [-0.3, -0.25) is 0 Å². The first-order valence-corrected chi connectivity index (χ1v) is 8.08. The first-order chi connectivity index (χ1) is 10.1. The molecule has 1 aromatic heterocycles. The minimum atomic E-state index is 0.628. The number of benzene rings is 1. The second-order valence-electron chi connectivity index (χ2n) is 4.53. The smallest absolute Gasteiger partial charge is 0.188 e. The highest BCUT2D eigenvalue weighted by molar-refractivity contribution is 7.99. The van der Waals surface area contributed by atoms with Crippen molar-refractivity contribution in [3.63, 3.8) is 0 Å². The Morgan fingerprint density at radius 2 is 1.81 bits per heavy atom. The summed E-state index contributed by atoms with van der Waals surface area (Å²) in [6, 6.07) is 11.8. The molecule has 0 fully saturated rings. The van der Waals surface area contributed by atoms with Crippen LogP contribution in [0.15, 0.2) is 41.6 Å². The van der Waals surface area contributed by atoms with E-state index in [-0.39, 0.29) is 0 Å². The molecular weight excluding hydrogens is 300 g/mol. The van der Waals surface area contributed by atoms with Gasteiger partial charge in [0.1, 0.15) is 0 Å². The fourth-order valence-electron chi connectivity index (χ4n) is 1.76. The van der Waals surface area contributed by atoms with Gasteiger partial charge >= 0.3 is 0 Å². The number of para-hydroxylation sites is 1. The molecule has 0 bridgehead atoms. The maximum absolute atomic E-state index is 5.24. The third-order valence-electron chi connectivity index (χ3n) is 2.61. The number of hydrogen-bond donors (Lipinski definition) is 2. The van der Waals surface area contributed by atoms with Crippen LogP contribution in [0.4, 0.5) is 5.69 Å². The summed E-state index contributed by atoms with van der Waals surface area (Å²) in [6.45, 7) is 4.73. The monoisotopic (exact) mass is 318 g/mol. The summed E-state index contributed by atoms with van der Waals surface area (Å²) in [5, 5.41) is 7.76. The largest absolute Gasteiger partial charge is 0.362 e. The van der Waals surface area contributed by atoms with Gasteiger partial charge in [-0.25, -0.2) is 9.97 Å². The van der Waals surface area contributed by atoms with Gasteiger partial charge in [-0.05, 0) is 44.3 Å². The van der Waals surface area contributed by atoms with Crippen molar-refractivity contribution in [2.24, 2.45) is 0 Å². The van der Waals surface area contributed by atoms with E-state index in [0.29, 0.717) is 5.11 Å². The van der Waals surface area contributed by atoms with Gasteiger partial charge in [0.15, 0.2) is 10.3 Å². The average molecular weight is 318 g/mol. The van der Waals surface area contributed by atoms with E-state index in [1.54, 1.807) is 11.8 Å². The Kier molecular flexibility index (Phi) is 5.95. The van der Waals surface area contributed by atoms with Crippen LogP contribution in [-0.2, 0) is 0 Å². The lowest BCUT2D eigenvalue weighted by Crippen LogP contribution is -2.30. The lowest BCUT2D eigenvalue weighted by molar-refractivity contribution is 0.897. The minimum Gasteiger partial charge on any atom is -0.362 e. The predicted molar refractivity (Wildman–Crippen MR) is 92.9 cm³/mol. The molecule has 0 radical (unpaired) electrons. The van der Waals surface area contributed by atoms with Crippen LogP contribution in [0.3, 0.4) is 0 Å². The quantitative estimate of drug-likeness (QED) is 0.382. The molecule has 110 valence electrons. The lowest BCUT2D eigenvalue weighted by Gasteiger charge is -2.10. The lowest BCUT2D eigenvalue weighted by atomic mass is 10.3. The Hall–Kier alpha value is -1.66. The number of rotatable bonds is 5. The minimum absolute atomic E-state index is 0.628. The van der Waals surface area contributed by atoms with Crippen LogP contribution in [-0.4, -0.2) is 27.4 Å². The number of anilines is 1. The van der Waals surface area contributed by atoms with E-state index in [1.807, 2.05) is 50.2 Å². The van der Waals surface area contributed by atoms with E-state index < -0.39 is 0 Å². The standard InChI is InChI=1S/C15H18N4S2/c1-11-10-12(2)18-15(17-11)21-9-8-16-14(20)19-13-6-4-3-5-7-13/h3-7,10H,8-9H2,1-2H3,(H2,16,19,20). The molecule has 21 heavy (non-hydrogen) atoms. The zero-order chi connectivity index (χ0) is 15.1. The average Bonchev–Trinajstić information content (AvgIpc) is 2.44. The van der Waals surface area contributed by atoms with Gasteiger partial charge in [0, 0.05) is 29.4 Å². The third kappa shape index (κ3) is 5.69. The second-order valence-corrected chi connectivity index (χ2v) is 6.00. The van der Waals surface area contributed by atoms with Crippen molar-refractivity contribution in [1.29, 1.82) is 0 Å². The van der Waals surface area contributed by atoms with Gasteiger partial charge in [0.05, 0.1) is 0 Å². The van der Waals surface area contributed by atoms with Crippen LogP contribution >= 0.6 is 24.0 Å². The third-order valence-corrected chi connectivity index (χ3v) is 3.71. The van der Waals surface area contributed by atoms with Crippen LogP contribution in [0, 0.1) is 13.8 Å². The van der Waals surface area contributed by atoms with Gasteiger partial charge in [-0.1, -0.05) is 30.0 Å². The maximum Gasteiger partial charge on any atom is 0.188 e. The van der Waals surface area contributed by atoms with Crippen molar-refractivity contribution < 1.29 is 0 Å². The van der Waals surface area contributed by atoms with E-state index in [2.05, 4.69) is 20.6 Å². The zero-order valence-electron chi connectivity index (χ0n) is 12.1. The van der Waals surface area contributed by atoms with Crippen LogP contribution in [0.1, 0.15) is 11.4 Å². The predicted octanol–water partition coefficient (Wildman–Crippen LogP) is 3.17. The highest BCUT2D eigenvalue weighted by Gasteiger charge is 2.01. The number of thiocarbonyl (C=S) groups is 1. The molecule has 0 unspecified atom stereocenters. The molecule has 0 amide bonds. The van der Waals surface area contributed by atoms with Crippen LogP contribution in [0.5, 0.6) is 0 Å². The summed E-state index contributed by atoms with van der Waals surface area (Å²) in [6.07, 6.45) is 0. The zero-order valence-corrected chi connectivity index (χ0v) is 13.7. The summed E-state index contributed by atoms with van der Waals surface area (Å²) >= 11 is 6.87. The molecule has 2 rings (SSSR count). The molecule has 2 N–H and O–H groups in total. The summed E-state index contributed by atoms with van der Waals surface area (Å²) < 4.78 is 0. The Morgan fingerprint density at radius 1 is 1.14 bits per heavy atom. The number of nitrogens with zero attached hydrogens (tertiary/aromatic N) is 2. The van der Waals surface area contributed by atoms with Gasteiger partial charge in [0.25, 0.3) is 0 Å². The summed E-state index contributed by atoms with van der Waals surface area (Å²) in [7, 11) is 0. The number of hydrogen-bond acceptors (Lipinski definition) is 4. The van der Waals surface area contributed by atoms with E-state index in [1.165, 1.54) is 0 Å². The van der Waals surface area contributed by atoms with Gasteiger partial charge in [-0.15, -0.1) is 0 Å². The molecule has 0 aliphatic rings. The van der Waals surface area contributed by atoms with Gasteiger partial charge in [0.2, 0.25) is 0 Å². The van der Waals surface area contributed by atoms with Crippen molar-refractivity contribution in [2.75, 3.05) is 17.6 Å². The summed E-state index contributed by atoms with van der Waals surface area (Å²) in [5.74, 6) is 0.861. The van der Waals surface area contributed by atoms with Crippen molar-refractivity contribution >= 4 is 34.8 Å². The summed E-state index contributed by atoms with van der Waals surface area (Å²) in [5.41, 5.74) is 2.98. The first-order valence-electron chi connectivity index (χ1n) is 6.68. The van der Waals surface area contributed by atoms with Gasteiger partial charge < -0.3 is 10.6 Å². The number of thioether (sulfide) groups is 1. The van der Waals surface area contributed by atoms with Gasteiger partial charge in [-0.2, -0.15) is 0 Å². The van der Waals surface area contributed by atoms with E-state index in [0.717, 1.165) is 34.5 Å². The first kappa shape index (κ1) is 15.7. The molecule has 1 aromatic carbocycles. The molecule has 4 nitrogen and oxygen atoms in total. The Morgan fingerprint density at radius 3 is 2.48 bits per heavy atom. The fourth-order valence-corrected chi connectivity index (χ4v) is 2.79. The maximum atomic E-state index is 5.24. The molecule has 6 heteroatoms. The second kappa shape index (κ2) is 7.95. The number of nitrogens with one attached hydrogen (secondary N) is 2. The van der Waals surface area contributed by atoms with E-state index >= 15 is 0 Å². The molecule has 0 aliphatic carbocycles. The molecule has 0 aliphatic heterocycles. The highest BCUT2D eigenvalue weighted by Crippen LogP contribution is 2.13. The van der Waals surface area contributed by atoms with E-state index in [9.17, 15) is 0 Å².